The van der Waals surface area contributed by atoms with Crippen LogP contribution in [0.1, 0.15) is 41.0 Å². The maximum Gasteiger partial charge on any atom is 0.337 e. The molecule has 30 unspecified atom stereocenters. The Morgan fingerprint density at radius 2 is 0.951 bits per heavy atom. The number of methoxy groups -OCH3 is 1. The van der Waals surface area contributed by atoms with E-state index in [-0.39, 0.29) is 6.42 Å². The topological polar surface area (TPSA) is 560 Å². The largest absolute Gasteiger partial charge is 0.547 e. The van der Waals surface area contributed by atoms with Gasteiger partial charge in [-0.1, -0.05) is 13.8 Å². The lowest BCUT2D eigenvalue weighted by molar-refractivity contribution is -0.376. The van der Waals surface area contributed by atoms with Crippen LogP contribution in [-0.4, -0.2) is 300 Å². The minimum Gasteiger partial charge on any atom is -0.547 e. The van der Waals surface area contributed by atoms with E-state index in [1.54, 1.807) is 6.92 Å². The number of aliphatic hydroxyl groups is 14. The predicted octanol–water partition coefficient (Wildman–Crippen LogP) is -13.8. The second-order valence-electron chi connectivity index (χ2n) is 20.4. The van der Waals surface area contributed by atoms with E-state index in [0.29, 0.717) is 0 Å². The van der Waals surface area contributed by atoms with E-state index in [0.717, 1.165) is 21.0 Å². The molecule has 1 aliphatic carbocycles. The van der Waals surface area contributed by atoms with Gasteiger partial charge in [0.15, 0.2) is 37.6 Å². The van der Waals surface area contributed by atoms with Gasteiger partial charge in [0.1, 0.15) is 97.5 Å². The van der Waals surface area contributed by atoms with Gasteiger partial charge in [0, 0.05) is 33.3 Å². The van der Waals surface area contributed by atoms with E-state index in [2.05, 4.69) is 25.4 Å². The molecule has 0 aromatic heterocycles. The van der Waals surface area contributed by atoms with E-state index >= 15 is 0 Å². The van der Waals surface area contributed by atoms with Crippen LogP contribution in [0.5, 0.6) is 0 Å². The van der Waals surface area contributed by atoms with E-state index in [1.165, 1.54) is 13.8 Å². The number of carbonyl (C=O) groups excluding carboxylic acids is 6. The molecule has 0 spiro atoms. The minimum atomic E-state index is -2.22. The zero-order valence-corrected chi connectivity index (χ0v) is 44.3. The molecular formula is C46H73N3O32-2. The second kappa shape index (κ2) is 29.1. The van der Waals surface area contributed by atoms with E-state index < -0.39 is 239 Å². The summed E-state index contributed by atoms with van der Waals surface area (Å²) in [7, 11) is 1.02. The summed E-state index contributed by atoms with van der Waals surface area (Å²) in [5, 5.41) is 176. The predicted molar refractivity (Wildman–Crippen MR) is 248 cm³/mol. The highest BCUT2D eigenvalue weighted by Gasteiger charge is 2.57. The van der Waals surface area contributed by atoms with Crippen molar-refractivity contribution in [3.05, 3.63) is 0 Å². The minimum absolute atomic E-state index is 0.0197. The third-order valence-corrected chi connectivity index (χ3v) is 14.8. The number of rotatable bonds is 17. The summed E-state index contributed by atoms with van der Waals surface area (Å²) in [4.78, 5) is 71.4. The Morgan fingerprint density at radius 1 is 0.457 bits per heavy atom. The fourth-order valence-electron chi connectivity index (χ4n) is 10.4. The fourth-order valence-corrected chi connectivity index (χ4v) is 10.4. The number of nitrogens with one attached hydrogen (secondary N) is 3. The molecule has 0 aromatic rings. The van der Waals surface area contributed by atoms with Crippen LogP contribution in [0.3, 0.4) is 0 Å². The highest BCUT2D eigenvalue weighted by molar-refractivity contribution is 5.76. The standard InChI is InChI=1S/C31H50N2O20.C15H25NO12/c1-8-12(6-34)5-13(15(17(8)38)32-10(3)36)48-24-19(40)26(28(45)46)53-31(21(24)42)51-22-9(2)14(7-35)49-30(16(22)33-11(4)37)52-23-18(39)25(27(43)44)50-29(47)20(23)41;1-4(18)16-6-11(7(19)5(3-17)26-13(6)23)27-15-10(22)8(20)9(21)12(28-15)14(24)25-2/h8-9,12-26,29-31,34-35,38-42,47H,5-7H2,1-4H3,(H,32,36)(H,33,37)(H,43,44)(H,45,46);5-13,15,17,19-23H,3H2,1-2H3,(H,16,18)/p-2. The van der Waals surface area contributed by atoms with Gasteiger partial charge in [-0.3, -0.25) is 14.4 Å². The van der Waals surface area contributed by atoms with Crippen LogP contribution in [0.15, 0.2) is 0 Å². The van der Waals surface area contributed by atoms with Crippen molar-refractivity contribution < 1.29 is 158 Å². The third-order valence-electron chi connectivity index (χ3n) is 14.8. The number of esters is 1. The molecule has 17 N–H and O–H groups in total. The quantitative estimate of drug-likeness (QED) is 0.0601. The van der Waals surface area contributed by atoms with Gasteiger partial charge < -0.3 is 155 Å². The summed E-state index contributed by atoms with van der Waals surface area (Å²) >= 11 is 0. The molecule has 0 radical (unpaired) electrons. The van der Waals surface area contributed by atoms with Crippen LogP contribution >= 0.6 is 0 Å². The molecule has 5 aliphatic heterocycles. The van der Waals surface area contributed by atoms with Gasteiger partial charge in [-0.2, -0.15) is 0 Å². The van der Waals surface area contributed by atoms with Gasteiger partial charge in [-0.15, -0.1) is 0 Å². The van der Waals surface area contributed by atoms with Gasteiger partial charge in [0.25, 0.3) is 0 Å². The molecular weight excluding hydrogens is 1110 g/mol. The van der Waals surface area contributed by atoms with Crippen molar-refractivity contribution in [1.29, 1.82) is 0 Å². The average molecular weight is 1180 g/mol. The van der Waals surface area contributed by atoms with Crippen molar-refractivity contribution in [3.63, 3.8) is 0 Å². The molecule has 0 aromatic carbocycles. The van der Waals surface area contributed by atoms with Crippen LogP contribution in [0.4, 0.5) is 0 Å². The molecule has 0 bridgehead atoms. The molecule has 6 aliphatic rings. The lowest BCUT2D eigenvalue weighted by atomic mass is 9.74. The van der Waals surface area contributed by atoms with Crippen LogP contribution in [0.25, 0.3) is 0 Å². The number of ether oxygens (including phenoxy) is 10. The molecule has 6 fully saturated rings. The molecule has 30 atom stereocenters. The first-order chi connectivity index (χ1) is 37.9. The second-order valence-corrected chi connectivity index (χ2v) is 20.4. The summed E-state index contributed by atoms with van der Waals surface area (Å²) in [6, 6.07) is -4.01. The van der Waals surface area contributed by atoms with E-state index in [1.807, 2.05) is 0 Å². The fraction of sp³-hybridized carbons (Fsp3) is 0.870. The first kappa shape index (κ1) is 67.7. The molecule has 6 rings (SSSR count). The van der Waals surface area contributed by atoms with Gasteiger partial charge in [0.05, 0.1) is 62.7 Å². The number of carboxylic acids is 2. The summed E-state index contributed by atoms with van der Waals surface area (Å²) < 4.78 is 53.8. The van der Waals surface area contributed by atoms with Crippen molar-refractivity contribution >= 4 is 35.6 Å². The molecule has 5 heterocycles. The SMILES string of the molecule is CC(=O)NC1C(OC2C(O)C(OC3C(C)C(CO)OC(OC4C(O)C(O)OC(C(=O)[O-])C4O)C3NC(C)=O)OC(C(=O)[O-])C2O)CC(CO)C(C)C1O.COC(=O)C1OC(OC2C(O)C(CO)OC(O)C2NC(C)=O)C(O)C(O)C1O. The molecule has 81 heavy (non-hydrogen) atoms. The van der Waals surface area contributed by atoms with Crippen molar-refractivity contribution in [2.45, 2.75) is 207 Å². The number of hydrogen-bond acceptors (Lipinski definition) is 32. The maximum absolute atomic E-state index is 12.4. The first-order valence-corrected chi connectivity index (χ1v) is 25.5. The summed E-state index contributed by atoms with van der Waals surface area (Å²) in [5.74, 6) is -9.02. The Hall–Kier alpha value is -4.10. The summed E-state index contributed by atoms with van der Waals surface area (Å²) in [6.07, 6.45) is -43.1. The number of aliphatic carboxylic acids is 2. The van der Waals surface area contributed by atoms with Gasteiger partial charge in [0.2, 0.25) is 17.7 Å². The molecule has 3 amide bonds. The highest BCUT2D eigenvalue weighted by atomic mass is 16.7. The molecule has 35 nitrogen and oxygen atoms in total. The number of amides is 3. The van der Waals surface area contributed by atoms with E-state index in [9.17, 15) is 110 Å². The van der Waals surface area contributed by atoms with Crippen molar-refractivity contribution in [1.82, 2.24) is 16.0 Å². The number of hydrogen-bond donors (Lipinski definition) is 17. The zero-order valence-electron chi connectivity index (χ0n) is 44.3. The Balaban J connectivity index is 0.000000361. The van der Waals surface area contributed by atoms with Crippen LogP contribution in [0, 0.1) is 17.8 Å². The molecule has 466 valence electrons. The lowest BCUT2D eigenvalue weighted by Gasteiger charge is -2.51. The van der Waals surface area contributed by atoms with Crippen LogP contribution in [-0.2, 0) is 76.1 Å². The lowest BCUT2D eigenvalue weighted by Crippen LogP contribution is -2.69. The normalized spacial score (nSPS) is 45.5. The monoisotopic (exact) mass is 1180 g/mol. The Kier molecular flexibility index (Phi) is 24.3. The molecule has 1 saturated carbocycles. The zero-order chi connectivity index (χ0) is 60.8. The Morgan fingerprint density at radius 3 is 1.48 bits per heavy atom. The third kappa shape index (κ3) is 15.4. The smallest absolute Gasteiger partial charge is 0.337 e. The van der Waals surface area contributed by atoms with Crippen molar-refractivity contribution in [2.24, 2.45) is 17.8 Å². The number of carboxylic acid groups (broad SMARTS) is 2. The van der Waals surface area contributed by atoms with Crippen LogP contribution < -0.4 is 26.2 Å². The first-order valence-electron chi connectivity index (χ1n) is 25.5. The van der Waals surface area contributed by atoms with E-state index in [4.69, 9.17) is 37.9 Å². The average Bonchev–Trinajstić information content (AvgIpc) is 3.56. The Labute approximate surface area is 460 Å². The van der Waals surface area contributed by atoms with Gasteiger partial charge in [-0.05, 0) is 18.3 Å². The maximum atomic E-state index is 12.4. The summed E-state index contributed by atoms with van der Waals surface area (Å²) in [6.45, 7) is 4.59. The number of aliphatic hydroxyl groups excluding tert-OH is 14. The van der Waals surface area contributed by atoms with Gasteiger partial charge >= 0.3 is 5.97 Å². The van der Waals surface area contributed by atoms with Crippen molar-refractivity contribution in [3.8, 4) is 0 Å². The van der Waals surface area contributed by atoms with Crippen molar-refractivity contribution in [2.75, 3.05) is 26.9 Å². The number of carbonyl (C=O) groups is 6. The van der Waals surface area contributed by atoms with Gasteiger partial charge in [-0.25, -0.2) is 4.79 Å². The Bertz CT molecular complexity index is 2120. The van der Waals surface area contributed by atoms with Crippen LogP contribution in [0.2, 0.25) is 0 Å². The summed E-state index contributed by atoms with van der Waals surface area (Å²) in [5.41, 5.74) is 0. The highest BCUT2D eigenvalue weighted by Crippen LogP contribution is 2.38. The molecule has 35 heteroatoms. The molecule has 5 saturated heterocycles.